The molecule has 0 unspecified atom stereocenters. The van der Waals surface area contributed by atoms with Crippen LogP contribution in [0.25, 0.3) is 22.3 Å². The standard InChI is InChI=1S/C58H74N8O12/c1-3-4-5-30-78-45-25-21-40(22-26-45)38-15-13-37(14-16-38)39-17-19-41(20-18-39)52(71)61-46-9-7-29-60-55(74)49-31-43(69)33-65(49)57(76)48(8-6-28-59)63-53(72)47(27-12-36-10-23-42(68)24-11-36)62-56(75)50-32-44(70)34-66(50)58(77)51(35(2)67)64-54(46)73/h10-11,13-26,35,43-44,46-51,67-70H,3-9,12,27-34,59H2,1-2H3,(H,60,74)(H,61,71)(H,62,75)(H,63,72)(H,64,73)/t35-,43-,44-,46+,47+,48+,49+,50+,51+/m1/s1. The molecule has 3 aliphatic heterocycles. The number of carbonyl (C=O) groups excluding carboxylic acids is 7. The van der Waals surface area contributed by atoms with Crippen molar-refractivity contribution in [1.29, 1.82) is 0 Å². The van der Waals surface area contributed by atoms with Gasteiger partial charge in [0.05, 0.1) is 24.9 Å². The molecule has 7 amide bonds. The number of nitrogens with two attached hydrogens (primary N) is 1. The molecule has 0 bridgehead atoms. The van der Waals surface area contributed by atoms with E-state index in [2.05, 4.69) is 33.5 Å². The van der Waals surface area contributed by atoms with Gasteiger partial charge in [0.1, 0.15) is 47.8 Å². The first-order valence-electron chi connectivity index (χ1n) is 27.1. The number of carbonyl (C=O) groups is 7. The van der Waals surface area contributed by atoms with Crippen molar-refractivity contribution >= 4 is 41.4 Å². The number of phenols is 1. The van der Waals surface area contributed by atoms with E-state index in [4.69, 9.17) is 10.5 Å². The third kappa shape index (κ3) is 15.4. The Balaban J connectivity index is 1.11. The predicted octanol–water partition coefficient (Wildman–Crippen LogP) is 2.43. The first-order chi connectivity index (χ1) is 37.5. The van der Waals surface area contributed by atoms with E-state index in [-0.39, 0.29) is 88.9 Å². The third-order valence-corrected chi connectivity index (χ3v) is 14.5. The fourth-order valence-electron chi connectivity index (χ4n) is 10.1. The maximum Gasteiger partial charge on any atom is 0.251 e. The summed E-state index contributed by atoms with van der Waals surface area (Å²) < 4.78 is 5.86. The summed E-state index contributed by atoms with van der Waals surface area (Å²) in [5.74, 6) is -4.45. The fourth-order valence-corrected chi connectivity index (χ4v) is 10.1. The summed E-state index contributed by atoms with van der Waals surface area (Å²) >= 11 is 0. The van der Waals surface area contributed by atoms with Crippen LogP contribution >= 0.6 is 0 Å². The number of amides is 7. The lowest BCUT2D eigenvalue weighted by Gasteiger charge is -2.32. The van der Waals surface area contributed by atoms with Crippen LogP contribution in [0.4, 0.5) is 0 Å². The molecule has 4 aromatic carbocycles. The molecular weight excluding hydrogens is 1000 g/mol. The van der Waals surface area contributed by atoms with Crippen LogP contribution in [0, 0.1) is 0 Å². The van der Waals surface area contributed by atoms with Crippen molar-refractivity contribution in [3.05, 3.63) is 108 Å². The average Bonchev–Trinajstić information content (AvgIpc) is 4.09. The van der Waals surface area contributed by atoms with Crippen molar-refractivity contribution in [2.45, 2.75) is 139 Å². The van der Waals surface area contributed by atoms with Gasteiger partial charge in [0.2, 0.25) is 35.4 Å². The molecule has 11 N–H and O–H groups in total. The number of ether oxygens (including phenoxy) is 1. The molecule has 0 spiro atoms. The second-order valence-electron chi connectivity index (χ2n) is 20.5. The molecule has 20 heteroatoms. The van der Waals surface area contributed by atoms with Crippen LogP contribution in [0.3, 0.4) is 0 Å². The van der Waals surface area contributed by atoms with Crippen molar-refractivity contribution in [2.75, 3.05) is 32.8 Å². The minimum absolute atomic E-state index is 0.0156. The predicted molar refractivity (Wildman–Crippen MR) is 290 cm³/mol. The molecule has 3 fully saturated rings. The zero-order valence-electron chi connectivity index (χ0n) is 44.3. The van der Waals surface area contributed by atoms with E-state index in [0.29, 0.717) is 12.2 Å². The number of aliphatic hydroxyl groups excluding tert-OH is 3. The highest BCUT2D eigenvalue weighted by Gasteiger charge is 2.45. The Morgan fingerprint density at radius 3 is 1.85 bits per heavy atom. The maximum atomic E-state index is 14.4. The Morgan fingerprint density at radius 2 is 1.26 bits per heavy atom. The van der Waals surface area contributed by atoms with Gasteiger partial charge in [0.25, 0.3) is 5.91 Å². The summed E-state index contributed by atoms with van der Waals surface area (Å²) in [6.45, 7) is 3.63. The number of aryl methyl sites for hydroxylation is 1. The highest BCUT2D eigenvalue weighted by molar-refractivity contribution is 6.00. The van der Waals surface area contributed by atoms with E-state index in [1.807, 2.05) is 48.5 Å². The molecule has 0 aliphatic carbocycles. The van der Waals surface area contributed by atoms with Gasteiger partial charge in [-0.2, -0.15) is 0 Å². The van der Waals surface area contributed by atoms with Crippen molar-refractivity contribution in [3.8, 4) is 33.8 Å². The van der Waals surface area contributed by atoms with E-state index < -0.39 is 95.9 Å². The van der Waals surface area contributed by atoms with E-state index >= 15 is 0 Å². The number of rotatable bonds is 16. The van der Waals surface area contributed by atoms with E-state index in [9.17, 15) is 54.0 Å². The largest absolute Gasteiger partial charge is 0.508 e. The Hall–Kier alpha value is -7.39. The van der Waals surface area contributed by atoms with Crippen LogP contribution in [-0.4, -0.2) is 159 Å². The number of benzene rings is 4. The number of nitrogens with one attached hydrogen (secondary N) is 5. The summed E-state index contributed by atoms with van der Waals surface area (Å²) in [5, 5.41) is 56.2. The lowest BCUT2D eigenvalue weighted by atomic mass is 9.99. The molecule has 3 heterocycles. The Bertz CT molecular complexity index is 2690. The van der Waals surface area contributed by atoms with Crippen LogP contribution in [0.15, 0.2) is 97.1 Å². The number of unbranched alkanes of at least 4 members (excludes halogenated alkanes) is 2. The lowest BCUT2D eigenvalue weighted by Crippen LogP contribution is -2.61. The topological polar surface area (TPSA) is 302 Å². The molecule has 7 rings (SSSR count). The lowest BCUT2D eigenvalue weighted by molar-refractivity contribution is -0.145. The highest BCUT2D eigenvalue weighted by Crippen LogP contribution is 2.28. The smallest absolute Gasteiger partial charge is 0.251 e. The number of fused-ring (bicyclic) bond motifs is 2. The van der Waals surface area contributed by atoms with Crippen LogP contribution in [0.2, 0.25) is 0 Å². The number of nitrogens with zero attached hydrogens (tertiary/aromatic N) is 2. The first-order valence-corrected chi connectivity index (χ1v) is 27.1. The van der Waals surface area contributed by atoms with E-state index in [0.717, 1.165) is 52.2 Å². The average molecular weight is 1080 g/mol. The van der Waals surface area contributed by atoms with Crippen molar-refractivity contribution in [1.82, 2.24) is 36.4 Å². The van der Waals surface area contributed by atoms with Crippen LogP contribution in [0.5, 0.6) is 11.5 Å². The molecule has 9 atom stereocenters. The molecule has 78 heavy (non-hydrogen) atoms. The zero-order valence-corrected chi connectivity index (χ0v) is 44.3. The Kier molecular flexibility index (Phi) is 20.8. The minimum atomic E-state index is -1.67. The second-order valence-corrected chi connectivity index (χ2v) is 20.5. The number of phenolic OH excluding ortho intramolecular Hbond substituents is 1. The molecule has 0 aromatic heterocycles. The van der Waals surface area contributed by atoms with Gasteiger partial charge in [-0.3, -0.25) is 33.6 Å². The van der Waals surface area contributed by atoms with E-state index in [1.165, 1.54) is 24.0 Å². The van der Waals surface area contributed by atoms with Gasteiger partial charge in [-0.25, -0.2) is 0 Å². The quantitative estimate of drug-likeness (QED) is 0.0723. The Morgan fingerprint density at radius 1 is 0.692 bits per heavy atom. The van der Waals surface area contributed by atoms with Crippen LogP contribution < -0.4 is 37.1 Å². The van der Waals surface area contributed by atoms with Crippen LogP contribution in [-0.2, 0) is 35.2 Å². The molecule has 3 aliphatic rings. The number of hydrogen-bond donors (Lipinski definition) is 10. The van der Waals surface area contributed by atoms with Gasteiger partial charge >= 0.3 is 0 Å². The molecule has 4 aromatic rings. The van der Waals surface area contributed by atoms with Crippen molar-refractivity contribution in [2.24, 2.45) is 5.73 Å². The molecular formula is C58H74N8O12. The van der Waals surface area contributed by atoms with Crippen molar-refractivity contribution < 1.29 is 58.7 Å². The van der Waals surface area contributed by atoms with Gasteiger partial charge in [-0.1, -0.05) is 80.4 Å². The van der Waals surface area contributed by atoms with Gasteiger partial charge in [0.15, 0.2) is 0 Å². The fraction of sp³-hybridized carbons (Fsp3) is 0.466. The molecule has 3 saturated heterocycles. The maximum absolute atomic E-state index is 14.4. The van der Waals surface area contributed by atoms with Gasteiger partial charge in [-0.15, -0.1) is 0 Å². The van der Waals surface area contributed by atoms with Gasteiger partial charge in [-0.05, 0) is 123 Å². The monoisotopic (exact) mass is 1070 g/mol. The number of aliphatic hydroxyl groups is 3. The highest BCUT2D eigenvalue weighted by atomic mass is 16.5. The first kappa shape index (κ1) is 58.3. The zero-order chi connectivity index (χ0) is 55.9. The minimum Gasteiger partial charge on any atom is -0.508 e. The normalized spacial score (nSPS) is 24.2. The summed E-state index contributed by atoms with van der Waals surface area (Å²) in [4.78, 5) is 102. The molecule has 418 valence electrons. The molecule has 0 radical (unpaired) electrons. The SMILES string of the molecule is CCCCCOc1ccc(-c2ccc(-c3ccc(C(=O)N[C@H]4CCCNC(=O)[C@@H]5C[C@@H](O)CN5C(=O)[C@H](CCCN)NC(=O)[C@H](CCc5ccc(O)cc5)NC(=O)[C@@H]5C[C@@H](O)CN5C(=O)[C@H]([C@@H](C)O)NC4=O)cc3)cc2)cc1. The van der Waals surface area contributed by atoms with Gasteiger partial charge in [0, 0.05) is 38.0 Å². The molecule has 0 saturated carbocycles. The summed E-state index contributed by atoms with van der Waals surface area (Å²) in [6, 6.07) is 20.8. The summed E-state index contributed by atoms with van der Waals surface area (Å²) in [5.41, 5.74) is 10.5. The Labute approximate surface area is 454 Å². The summed E-state index contributed by atoms with van der Waals surface area (Å²) in [7, 11) is 0. The second kappa shape index (κ2) is 27.8. The molecule has 20 nitrogen and oxygen atoms in total. The van der Waals surface area contributed by atoms with Gasteiger partial charge < -0.3 is 67.3 Å². The summed E-state index contributed by atoms with van der Waals surface area (Å²) in [6.07, 6.45) is -0.401. The number of aromatic hydroxyl groups is 1. The number of hydrogen-bond acceptors (Lipinski definition) is 13. The third-order valence-electron chi connectivity index (χ3n) is 14.5. The van der Waals surface area contributed by atoms with Crippen LogP contribution in [0.1, 0.15) is 94.0 Å². The van der Waals surface area contributed by atoms with E-state index in [1.54, 1.807) is 36.4 Å². The van der Waals surface area contributed by atoms with Crippen molar-refractivity contribution in [3.63, 3.8) is 0 Å².